The van der Waals surface area contributed by atoms with Crippen molar-refractivity contribution in [2.75, 3.05) is 39.9 Å². The summed E-state index contributed by atoms with van der Waals surface area (Å²) >= 11 is 0. The number of nitrogens with zero attached hydrogens (tertiary/aromatic N) is 3. The number of halogens is 2. The van der Waals surface area contributed by atoms with Crippen LogP contribution in [0.5, 0.6) is 0 Å². The lowest BCUT2D eigenvalue weighted by molar-refractivity contribution is 0.0623. The summed E-state index contributed by atoms with van der Waals surface area (Å²) in [6.07, 6.45) is 4.96. The number of likely N-dealkylation sites (tertiary alicyclic amines) is 1. The Hall–Kier alpha value is -1.05. The summed E-state index contributed by atoms with van der Waals surface area (Å²) in [6, 6.07) is 0. The third-order valence-electron chi connectivity index (χ3n) is 3.95. The van der Waals surface area contributed by atoms with Crippen molar-refractivity contribution in [3.63, 3.8) is 0 Å². The molecule has 1 fully saturated rings. The summed E-state index contributed by atoms with van der Waals surface area (Å²) in [4.78, 5) is 6.24. The molecule has 2 rings (SSSR count). The van der Waals surface area contributed by atoms with Gasteiger partial charge in [-0.1, -0.05) is 0 Å². The first-order chi connectivity index (χ1) is 10.2. The van der Waals surface area contributed by atoms with Gasteiger partial charge in [0.15, 0.2) is 0 Å². The smallest absolute Gasteiger partial charge is 0.319 e. The van der Waals surface area contributed by atoms with E-state index in [0.717, 1.165) is 50.2 Å². The summed E-state index contributed by atoms with van der Waals surface area (Å²) < 4.78 is 31.5. The lowest BCUT2D eigenvalue weighted by Gasteiger charge is -2.31. The number of alkyl halides is 2. The van der Waals surface area contributed by atoms with Crippen molar-refractivity contribution < 1.29 is 13.5 Å². The molecule has 0 atom stereocenters. The first-order valence-electron chi connectivity index (χ1n) is 7.42. The van der Waals surface area contributed by atoms with Crippen LogP contribution in [0.15, 0.2) is 12.4 Å². The van der Waals surface area contributed by atoms with Crippen LogP contribution in [0, 0.1) is 5.92 Å². The Balaban J connectivity index is 1.70. The molecule has 0 amide bonds. The van der Waals surface area contributed by atoms with E-state index in [1.165, 1.54) is 12.4 Å². The summed E-state index contributed by atoms with van der Waals surface area (Å²) in [5.41, 5.74) is 0. The highest BCUT2D eigenvalue weighted by Crippen LogP contribution is 2.19. The van der Waals surface area contributed by atoms with Gasteiger partial charge < -0.3 is 10.1 Å². The Morgan fingerprint density at radius 3 is 2.86 bits per heavy atom. The van der Waals surface area contributed by atoms with Crippen molar-refractivity contribution in [1.29, 1.82) is 0 Å². The van der Waals surface area contributed by atoms with Crippen LogP contribution in [0.1, 0.15) is 25.2 Å². The fraction of sp³-hybridized carbons (Fsp3) is 0.786. The molecule has 0 radical (unpaired) electrons. The monoisotopic (exact) mass is 302 g/mol. The lowest BCUT2D eigenvalue weighted by atomic mass is 9.97. The van der Waals surface area contributed by atoms with Gasteiger partial charge in [-0.3, -0.25) is 9.47 Å². The Bertz CT molecular complexity index is 405. The van der Waals surface area contributed by atoms with Crippen LogP contribution < -0.4 is 5.32 Å². The van der Waals surface area contributed by atoms with Gasteiger partial charge in [0, 0.05) is 26.0 Å². The average molecular weight is 302 g/mol. The zero-order valence-electron chi connectivity index (χ0n) is 12.5. The third kappa shape index (κ3) is 5.01. The van der Waals surface area contributed by atoms with E-state index in [-0.39, 0.29) is 0 Å². The molecule has 0 bridgehead atoms. The van der Waals surface area contributed by atoms with Crippen LogP contribution in [-0.2, 0) is 11.3 Å². The molecule has 120 valence electrons. The molecule has 2 heterocycles. The zero-order chi connectivity index (χ0) is 15.1. The van der Waals surface area contributed by atoms with E-state index in [2.05, 4.69) is 15.2 Å². The van der Waals surface area contributed by atoms with E-state index in [9.17, 15) is 8.78 Å². The molecule has 0 unspecified atom stereocenters. The highest BCUT2D eigenvalue weighted by molar-refractivity contribution is 4.93. The van der Waals surface area contributed by atoms with Gasteiger partial charge in [0.2, 0.25) is 0 Å². The topological polar surface area (TPSA) is 42.3 Å². The van der Waals surface area contributed by atoms with Crippen LogP contribution in [0.3, 0.4) is 0 Å². The van der Waals surface area contributed by atoms with Gasteiger partial charge in [-0.05, 0) is 38.4 Å². The largest absolute Gasteiger partial charge is 0.383 e. The van der Waals surface area contributed by atoms with Crippen molar-refractivity contribution in [1.82, 2.24) is 19.8 Å². The molecule has 1 aromatic heterocycles. The number of nitrogens with one attached hydrogen (secondary N) is 1. The molecule has 0 aliphatic carbocycles. The predicted octanol–water partition coefficient (Wildman–Crippen LogP) is 1.73. The molecule has 1 aromatic rings. The van der Waals surface area contributed by atoms with Gasteiger partial charge in [0.05, 0.1) is 13.2 Å². The maximum atomic E-state index is 12.8. The number of imidazole rings is 1. The van der Waals surface area contributed by atoms with Gasteiger partial charge in [-0.25, -0.2) is 4.98 Å². The number of piperidine rings is 1. The second kappa shape index (κ2) is 8.41. The Morgan fingerprint density at radius 2 is 2.19 bits per heavy atom. The van der Waals surface area contributed by atoms with E-state index < -0.39 is 6.55 Å². The van der Waals surface area contributed by atoms with Crippen molar-refractivity contribution in [2.45, 2.75) is 25.9 Å². The fourth-order valence-corrected chi connectivity index (χ4v) is 2.67. The number of ether oxygens (including phenoxy) is 1. The molecule has 0 spiro atoms. The molecule has 1 saturated heterocycles. The predicted molar refractivity (Wildman–Crippen MR) is 76.2 cm³/mol. The normalized spacial score (nSPS) is 17.7. The quantitative estimate of drug-likeness (QED) is 0.743. The first-order valence-corrected chi connectivity index (χ1v) is 7.42. The van der Waals surface area contributed by atoms with Crippen LogP contribution in [0.2, 0.25) is 0 Å². The van der Waals surface area contributed by atoms with Crippen LogP contribution in [0.25, 0.3) is 0 Å². The molecule has 7 heteroatoms. The first kappa shape index (κ1) is 16.3. The van der Waals surface area contributed by atoms with Gasteiger partial charge in [0.25, 0.3) is 0 Å². The number of rotatable bonds is 8. The SMILES string of the molecule is COCCNCC1CCN(Cc2nccn2C(F)F)CC1. The summed E-state index contributed by atoms with van der Waals surface area (Å²) in [7, 11) is 1.70. The third-order valence-corrected chi connectivity index (χ3v) is 3.95. The molecular weight excluding hydrogens is 278 g/mol. The molecular formula is C14H24F2N4O. The maximum Gasteiger partial charge on any atom is 0.319 e. The summed E-state index contributed by atoms with van der Waals surface area (Å²) in [5.74, 6) is 1.11. The van der Waals surface area contributed by atoms with Gasteiger partial charge in [0.1, 0.15) is 5.82 Å². The summed E-state index contributed by atoms with van der Waals surface area (Å²) in [5, 5.41) is 3.38. The van der Waals surface area contributed by atoms with Gasteiger partial charge in [-0.15, -0.1) is 0 Å². The van der Waals surface area contributed by atoms with Crippen molar-refractivity contribution in [3.8, 4) is 0 Å². The molecule has 1 N–H and O–H groups in total. The van der Waals surface area contributed by atoms with Crippen molar-refractivity contribution in [3.05, 3.63) is 18.2 Å². The van der Waals surface area contributed by atoms with Gasteiger partial charge >= 0.3 is 6.55 Å². The highest BCUT2D eigenvalue weighted by Gasteiger charge is 2.21. The molecule has 1 aliphatic heterocycles. The second-order valence-corrected chi connectivity index (χ2v) is 5.44. The lowest BCUT2D eigenvalue weighted by Crippen LogP contribution is -2.38. The number of methoxy groups -OCH3 is 1. The van der Waals surface area contributed by atoms with Crippen molar-refractivity contribution >= 4 is 0 Å². The minimum atomic E-state index is -2.51. The molecule has 0 saturated carbocycles. The van der Waals surface area contributed by atoms with E-state index in [1.54, 1.807) is 7.11 Å². The standard InChI is InChI=1S/C14H24F2N4O/c1-21-9-5-17-10-12-2-6-19(7-3-12)11-13-18-4-8-20(13)14(15)16/h4,8,12,14,17H,2-3,5-7,9-11H2,1H3. The van der Waals surface area contributed by atoms with Crippen LogP contribution in [-0.4, -0.2) is 54.3 Å². The Labute approximate surface area is 124 Å². The molecule has 1 aliphatic rings. The van der Waals surface area contributed by atoms with Gasteiger partial charge in [-0.2, -0.15) is 8.78 Å². The minimum absolute atomic E-state index is 0.446. The molecule has 5 nitrogen and oxygen atoms in total. The Kier molecular flexibility index (Phi) is 6.53. The van der Waals surface area contributed by atoms with E-state index in [0.29, 0.717) is 18.3 Å². The number of aromatic nitrogens is 2. The Morgan fingerprint density at radius 1 is 1.43 bits per heavy atom. The summed E-state index contributed by atoms with van der Waals surface area (Å²) in [6.45, 7) is 2.48. The van der Waals surface area contributed by atoms with E-state index in [4.69, 9.17) is 4.74 Å². The number of hydrogen-bond acceptors (Lipinski definition) is 4. The number of hydrogen-bond donors (Lipinski definition) is 1. The average Bonchev–Trinajstić information content (AvgIpc) is 2.94. The molecule has 0 aromatic carbocycles. The van der Waals surface area contributed by atoms with Crippen LogP contribution >= 0.6 is 0 Å². The zero-order valence-corrected chi connectivity index (χ0v) is 12.5. The van der Waals surface area contributed by atoms with Crippen molar-refractivity contribution in [2.24, 2.45) is 5.92 Å². The highest BCUT2D eigenvalue weighted by atomic mass is 19.3. The van der Waals surface area contributed by atoms with E-state index in [1.807, 2.05) is 0 Å². The fourth-order valence-electron chi connectivity index (χ4n) is 2.67. The maximum absolute atomic E-state index is 12.8. The minimum Gasteiger partial charge on any atom is -0.383 e. The van der Waals surface area contributed by atoms with E-state index >= 15 is 0 Å². The van der Waals surface area contributed by atoms with Crippen LogP contribution in [0.4, 0.5) is 8.78 Å². The second-order valence-electron chi connectivity index (χ2n) is 5.44. The molecule has 21 heavy (non-hydrogen) atoms.